The number of carbonyl (C=O) groups is 3. The number of hydrogen-bond acceptors (Lipinski definition) is 7. The van der Waals surface area contributed by atoms with E-state index in [0.717, 1.165) is 0 Å². The first-order chi connectivity index (χ1) is 18.5. The average Bonchev–Trinajstić information content (AvgIpc) is 2.81. The van der Waals surface area contributed by atoms with E-state index in [2.05, 4.69) is 20.7 Å². The summed E-state index contributed by atoms with van der Waals surface area (Å²) >= 11 is 18.0. The quantitative estimate of drug-likeness (QED) is 0.139. The minimum Gasteiger partial charge on any atom is -0.504 e. The summed E-state index contributed by atoms with van der Waals surface area (Å²) in [5.41, 5.74) is -0.877. The largest absolute Gasteiger partial charge is 0.504 e. The minimum absolute atomic E-state index is 0.00741. The van der Waals surface area contributed by atoms with Crippen molar-refractivity contribution in [2.45, 2.75) is 56.6 Å². The number of urea groups is 1. The van der Waals surface area contributed by atoms with Crippen LogP contribution >= 0.6 is 34.8 Å². The number of anilines is 2. The fraction of sp³-hybridized carbons (Fsp3) is 0.375. The molecule has 12 nitrogen and oxygen atoms in total. The van der Waals surface area contributed by atoms with E-state index in [1.807, 2.05) is 0 Å². The first-order valence-electron chi connectivity index (χ1n) is 11.8. The highest BCUT2D eigenvalue weighted by atomic mass is 35.5. The molecule has 3 amide bonds. The fourth-order valence-corrected chi connectivity index (χ4v) is 5.29. The summed E-state index contributed by atoms with van der Waals surface area (Å²) < 4.78 is 33.1. The van der Waals surface area contributed by atoms with Crippen molar-refractivity contribution in [3.63, 3.8) is 0 Å². The molecule has 1 unspecified atom stereocenters. The van der Waals surface area contributed by atoms with Gasteiger partial charge in [0.2, 0.25) is 10.0 Å². The molecule has 2 aromatic rings. The lowest BCUT2D eigenvalue weighted by Gasteiger charge is -2.22. The van der Waals surface area contributed by atoms with Gasteiger partial charge in [-0.2, -0.15) is 0 Å². The number of unbranched alkanes of at least 4 members (excludes halogenated alkanes) is 1. The van der Waals surface area contributed by atoms with Gasteiger partial charge in [-0.25, -0.2) is 27.5 Å². The van der Waals surface area contributed by atoms with Crippen LogP contribution in [0.4, 0.5) is 21.0 Å². The third-order valence-electron chi connectivity index (χ3n) is 5.00. The van der Waals surface area contributed by atoms with E-state index >= 15 is 0 Å². The Morgan fingerprint density at radius 2 is 1.62 bits per heavy atom. The monoisotopic (exact) mass is 638 g/mol. The Hall–Kier alpha value is -2.97. The van der Waals surface area contributed by atoms with E-state index in [4.69, 9.17) is 39.5 Å². The van der Waals surface area contributed by atoms with Crippen LogP contribution in [0.15, 0.2) is 35.2 Å². The number of rotatable bonds is 11. The maximum absolute atomic E-state index is 12.9. The van der Waals surface area contributed by atoms with Crippen molar-refractivity contribution >= 4 is 74.3 Å². The van der Waals surface area contributed by atoms with Gasteiger partial charge in [0.05, 0.1) is 26.4 Å². The van der Waals surface area contributed by atoms with E-state index in [0.29, 0.717) is 0 Å². The smallest absolute Gasteiger partial charge is 0.408 e. The standard InChI is InChI=1S/C24H29Cl3N4O8S/c1-24(2,3)39-23(36)31-17(21(33)34)8-4-5-12-28-40(37,38)20-14(26)10-11-16(19(20)32)30-22(35)29-15-9-6-7-13(25)18(15)27/h6-7,9-11,17,28,32H,4-5,8,12H2,1-3H3,(H,31,36)(H,33,34)(H2,29,30,35). The normalized spacial score (nSPS) is 12.3. The predicted octanol–water partition coefficient (Wildman–Crippen LogP) is 5.42. The first-order valence-corrected chi connectivity index (χ1v) is 14.4. The number of phenolic OH excluding ortho intramolecular Hbond substituents is 1. The molecule has 2 rings (SSSR count). The number of carboxylic acid groups (broad SMARTS) is 1. The first kappa shape index (κ1) is 33.2. The summed E-state index contributed by atoms with van der Waals surface area (Å²) in [5.74, 6) is -2.08. The lowest BCUT2D eigenvalue weighted by Crippen LogP contribution is -2.43. The van der Waals surface area contributed by atoms with Crippen LogP contribution in [-0.4, -0.2) is 54.9 Å². The van der Waals surface area contributed by atoms with Crippen LogP contribution < -0.4 is 20.7 Å². The third-order valence-corrected chi connectivity index (χ3v) is 7.78. The molecule has 2 aromatic carbocycles. The second-order valence-electron chi connectivity index (χ2n) is 9.38. The van der Waals surface area contributed by atoms with Gasteiger partial charge in [-0.1, -0.05) is 40.9 Å². The summed E-state index contributed by atoms with van der Waals surface area (Å²) in [6.07, 6.45) is -0.461. The van der Waals surface area contributed by atoms with E-state index in [-0.39, 0.29) is 52.2 Å². The molecule has 6 N–H and O–H groups in total. The number of carbonyl (C=O) groups excluding carboxylic acids is 2. The summed E-state index contributed by atoms with van der Waals surface area (Å²) in [6.45, 7) is 4.77. The van der Waals surface area contributed by atoms with Gasteiger partial charge in [-0.05, 0) is 64.3 Å². The SMILES string of the molecule is CC(C)(C)OC(=O)NC(CCCCNS(=O)(=O)c1c(Cl)ccc(NC(=O)Nc2cccc(Cl)c2Cl)c1O)C(=O)O. The average molecular weight is 640 g/mol. The molecule has 220 valence electrons. The molecule has 16 heteroatoms. The molecule has 0 aliphatic carbocycles. The van der Waals surface area contributed by atoms with E-state index in [1.54, 1.807) is 26.8 Å². The number of carboxylic acids is 1. The predicted molar refractivity (Wildman–Crippen MR) is 152 cm³/mol. The highest BCUT2D eigenvalue weighted by Gasteiger charge is 2.26. The molecule has 0 saturated carbocycles. The minimum atomic E-state index is -4.36. The molecule has 40 heavy (non-hydrogen) atoms. The highest BCUT2D eigenvalue weighted by Crippen LogP contribution is 2.37. The van der Waals surface area contributed by atoms with Crippen LogP contribution in [-0.2, 0) is 19.6 Å². The lowest BCUT2D eigenvalue weighted by molar-refractivity contribution is -0.139. The molecule has 0 bridgehead atoms. The summed E-state index contributed by atoms with van der Waals surface area (Å²) in [4.78, 5) is 35.1. The van der Waals surface area contributed by atoms with Crippen molar-refractivity contribution in [2.75, 3.05) is 17.2 Å². The summed E-state index contributed by atoms with van der Waals surface area (Å²) in [6, 6.07) is 4.87. The van der Waals surface area contributed by atoms with Gasteiger partial charge in [-0.15, -0.1) is 0 Å². The van der Waals surface area contributed by atoms with Crippen LogP contribution in [0.1, 0.15) is 40.0 Å². The van der Waals surface area contributed by atoms with Gasteiger partial charge in [0, 0.05) is 6.54 Å². The number of sulfonamides is 1. The fourth-order valence-electron chi connectivity index (χ4n) is 3.24. The van der Waals surface area contributed by atoms with Gasteiger partial charge < -0.3 is 30.9 Å². The molecular formula is C24H29Cl3N4O8S. The zero-order chi connectivity index (χ0) is 30.3. The molecule has 0 aliphatic heterocycles. The van der Waals surface area contributed by atoms with Gasteiger partial charge in [0.25, 0.3) is 0 Å². The van der Waals surface area contributed by atoms with Gasteiger partial charge in [-0.3, -0.25) is 0 Å². The van der Waals surface area contributed by atoms with Gasteiger partial charge in [0.1, 0.15) is 16.5 Å². The molecule has 0 aromatic heterocycles. The molecule has 0 aliphatic rings. The number of nitrogens with one attached hydrogen (secondary N) is 4. The zero-order valence-corrected chi connectivity index (χ0v) is 24.8. The highest BCUT2D eigenvalue weighted by molar-refractivity contribution is 7.89. The second-order valence-corrected chi connectivity index (χ2v) is 12.3. The van der Waals surface area contributed by atoms with Crippen molar-refractivity contribution in [1.29, 1.82) is 0 Å². The van der Waals surface area contributed by atoms with E-state index in [1.165, 1.54) is 24.3 Å². The third kappa shape index (κ3) is 9.89. The summed E-state index contributed by atoms with van der Waals surface area (Å²) in [7, 11) is -4.36. The molecule has 1 atom stereocenters. The lowest BCUT2D eigenvalue weighted by atomic mass is 10.1. The Labute approximate surface area is 246 Å². The van der Waals surface area contributed by atoms with Crippen molar-refractivity contribution in [3.05, 3.63) is 45.4 Å². The molecule has 0 saturated heterocycles. The van der Waals surface area contributed by atoms with Crippen LogP contribution in [0.2, 0.25) is 15.1 Å². The maximum Gasteiger partial charge on any atom is 0.408 e. The Morgan fingerprint density at radius 3 is 2.25 bits per heavy atom. The van der Waals surface area contributed by atoms with Crippen molar-refractivity contribution in [1.82, 2.24) is 10.0 Å². The van der Waals surface area contributed by atoms with Gasteiger partial charge >= 0.3 is 18.1 Å². The number of benzene rings is 2. The van der Waals surface area contributed by atoms with E-state index < -0.39 is 50.4 Å². The molecule has 0 radical (unpaired) electrons. The number of aromatic hydroxyl groups is 1. The number of halogens is 3. The van der Waals surface area contributed by atoms with Crippen LogP contribution in [0.25, 0.3) is 0 Å². The van der Waals surface area contributed by atoms with Crippen LogP contribution in [0.3, 0.4) is 0 Å². The maximum atomic E-state index is 12.9. The number of amides is 3. The van der Waals surface area contributed by atoms with Crippen LogP contribution in [0.5, 0.6) is 5.75 Å². The number of hydrogen-bond donors (Lipinski definition) is 6. The van der Waals surface area contributed by atoms with Crippen molar-refractivity contribution in [2.24, 2.45) is 0 Å². The molecule has 0 heterocycles. The van der Waals surface area contributed by atoms with Crippen molar-refractivity contribution in [3.8, 4) is 5.75 Å². The summed E-state index contributed by atoms with van der Waals surface area (Å²) in [5, 5.41) is 26.9. The molecule has 0 spiro atoms. The van der Waals surface area contributed by atoms with Gasteiger partial charge in [0.15, 0.2) is 5.75 Å². The van der Waals surface area contributed by atoms with E-state index in [9.17, 15) is 33.0 Å². The topological polar surface area (TPSA) is 183 Å². The number of aliphatic carboxylic acids is 1. The van der Waals surface area contributed by atoms with Crippen molar-refractivity contribution < 1.29 is 37.8 Å². The number of alkyl carbamates (subject to hydrolysis) is 1. The second kappa shape index (κ2) is 14.1. The number of phenols is 1. The van der Waals surface area contributed by atoms with Crippen LogP contribution in [0, 0.1) is 0 Å². The Bertz CT molecular complexity index is 1370. The number of ether oxygens (including phenoxy) is 1. The Kier molecular flexibility index (Phi) is 11.7. The molecular weight excluding hydrogens is 611 g/mol. The Morgan fingerprint density at radius 1 is 0.975 bits per heavy atom. The Balaban J connectivity index is 2.00. The molecule has 0 fully saturated rings. The zero-order valence-electron chi connectivity index (χ0n) is 21.7.